The lowest BCUT2D eigenvalue weighted by Crippen LogP contribution is -2.46. The Morgan fingerprint density at radius 1 is 0.974 bits per heavy atom. The van der Waals surface area contributed by atoms with E-state index >= 15 is 0 Å². The first-order valence-corrected chi connectivity index (χ1v) is 13.2. The zero-order valence-corrected chi connectivity index (χ0v) is 22.4. The molecule has 3 aromatic rings. The number of carbonyl (C=O) groups is 2. The third-order valence-electron chi connectivity index (χ3n) is 6.61. The molecule has 0 aromatic heterocycles. The zero-order valence-electron chi connectivity index (χ0n) is 21.6. The highest BCUT2D eigenvalue weighted by atomic mass is 35.5. The van der Waals surface area contributed by atoms with Crippen LogP contribution in [0, 0.1) is 0 Å². The van der Waals surface area contributed by atoms with Crippen molar-refractivity contribution < 1.29 is 19.1 Å². The third kappa shape index (κ3) is 7.81. The summed E-state index contributed by atoms with van der Waals surface area (Å²) in [5.41, 5.74) is 2.49. The van der Waals surface area contributed by atoms with Crippen molar-refractivity contribution in [1.82, 2.24) is 15.1 Å². The van der Waals surface area contributed by atoms with Gasteiger partial charge in [0.2, 0.25) is 11.8 Å². The number of hydrogen-bond donors (Lipinski definition) is 1. The quantitative estimate of drug-likeness (QED) is 0.400. The molecule has 1 fully saturated rings. The van der Waals surface area contributed by atoms with E-state index in [1.165, 1.54) is 0 Å². The Morgan fingerprint density at radius 3 is 2.29 bits per heavy atom. The Balaban J connectivity index is 1.59. The molecule has 1 heterocycles. The highest BCUT2D eigenvalue weighted by molar-refractivity contribution is 6.30. The van der Waals surface area contributed by atoms with Crippen molar-refractivity contribution in [1.29, 1.82) is 0 Å². The number of carbonyl (C=O) groups excluding carboxylic acids is 2. The van der Waals surface area contributed by atoms with Gasteiger partial charge in [0.25, 0.3) is 0 Å². The molecule has 1 saturated heterocycles. The Kier molecular flexibility index (Phi) is 10.1. The van der Waals surface area contributed by atoms with Crippen molar-refractivity contribution in [3.63, 3.8) is 0 Å². The fourth-order valence-corrected chi connectivity index (χ4v) is 4.62. The van der Waals surface area contributed by atoms with E-state index in [-0.39, 0.29) is 24.8 Å². The fraction of sp³-hybridized carbons (Fsp3) is 0.333. The molecule has 1 aliphatic heterocycles. The monoisotopic (exact) mass is 535 g/mol. The van der Waals surface area contributed by atoms with Crippen molar-refractivity contribution in [3.8, 4) is 5.75 Å². The van der Waals surface area contributed by atoms with E-state index < -0.39 is 6.04 Å². The summed E-state index contributed by atoms with van der Waals surface area (Å²) in [5, 5.41) is 3.70. The van der Waals surface area contributed by atoms with Gasteiger partial charge in [-0.15, -0.1) is 0 Å². The lowest BCUT2D eigenvalue weighted by molar-refractivity contribution is -0.141. The first-order valence-electron chi connectivity index (χ1n) is 12.8. The predicted octanol–water partition coefficient (Wildman–Crippen LogP) is 4.11. The minimum absolute atomic E-state index is 0.151. The minimum atomic E-state index is -0.789. The molecule has 7 nitrogen and oxygen atoms in total. The van der Waals surface area contributed by atoms with E-state index in [2.05, 4.69) is 10.2 Å². The van der Waals surface area contributed by atoms with E-state index in [1.807, 2.05) is 66.7 Å². The average Bonchev–Trinajstić information content (AvgIpc) is 2.95. The molecule has 38 heavy (non-hydrogen) atoms. The summed E-state index contributed by atoms with van der Waals surface area (Å²) in [4.78, 5) is 31.5. The van der Waals surface area contributed by atoms with Crippen LogP contribution in [-0.4, -0.2) is 68.1 Å². The number of halogens is 1. The van der Waals surface area contributed by atoms with Crippen LogP contribution >= 0.6 is 11.6 Å². The number of nitrogens with one attached hydrogen (secondary N) is 1. The summed E-state index contributed by atoms with van der Waals surface area (Å²) < 4.78 is 10.7. The van der Waals surface area contributed by atoms with Crippen LogP contribution in [0.5, 0.6) is 5.75 Å². The number of ether oxygens (including phenoxy) is 2. The van der Waals surface area contributed by atoms with Gasteiger partial charge >= 0.3 is 0 Å². The molecule has 1 aliphatic rings. The van der Waals surface area contributed by atoms with Crippen LogP contribution in [0.1, 0.15) is 22.7 Å². The van der Waals surface area contributed by atoms with Crippen LogP contribution in [-0.2, 0) is 27.3 Å². The number of nitrogens with zero attached hydrogens (tertiary/aromatic N) is 2. The molecule has 3 aromatic carbocycles. The summed E-state index contributed by atoms with van der Waals surface area (Å²) in [6.45, 7) is 4.59. The molecular weight excluding hydrogens is 502 g/mol. The van der Waals surface area contributed by atoms with Crippen LogP contribution in [0.2, 0.25) is 5.02 Å². The standard InChI is InChI=1S/C30H34ClN3O4/c1-37-27-13-9-24(10-14-27)22-34(28(35)21-23-7-11-26(31)12-8-23)29(25-5-3-2-4-6-25)30(36)32-15-16-33-17-19-38-20-18-33/h2-14,29H,15-22H2,1H3,(H,32,36). The predicted molar refractivity (Wildman–Crippen MR) is 148 cm³/mol. The molecule has 8 heteroatoms. The Hall–Kier alpha value is -3.39. The van der Waals surface area contributed by atoms with Crippen molar-refractivity contribution in [2.45, 2.75) is 19.0 Å². The SMILES string of the molecule is COc1ccc(CN(C(=O)Cc2ccc(Cl)cc2)C(C(=O)NCCN2CCOCC2)c2ccccc2)cc1. The normalized spacial score (nSPS) is 14.5. The number of hydrogen-bond acceptors (Lipinski definition) is 5. The summed E-state index contributed by atoms with van der Waals surface area (Å²) in [6, 6.07) is 23.4. The Labute approximate surface area is 229 Å². The summed E-state index contributed by atoms with van der Waals surface area (Å²) in [7, 11) is 1.61. The van der Waals surface area contributed by atoms with Gasteiger partial charge in [-0.3, -0.25) is 14.5 Å². The van der Waals surface area contributed by atoms with Gasteiger partial charge in [-0.1, -0.05) is 66.2 Å². The van der Waals surface area contributed by atoms with Crippen LogP contribution in [0.3, 0.4) is 0 Å². The second kappa shape index (κ2) is 14.0. The molecule has 0 radical (unpaired) electrons. The van der Waals surface area contributed by atoms with Crippen molar-refractivity contribution in [3.05, 3.63) is 101 Å². The van der Waals surface area contributed by atoms with Crippen LogP contribution in [0.4, 0.5) is 0 Å². The second-order valence-electron chi connectivity index (χ2n) is 9.23. The smallest absolute Gasteiger partial charge is 0.247 e. The average molecular weight is 536 g/mol. The van der Waals surface area contributed by atoms with Gasteiger partial charge in [0.1, 0.15) is 11.8 Å². The molecule has 1 unspecified atom stereocenters. The molecule has 0 aliphatic carbocycles. The number of morpholine rings is 1. The van der Waals surface area contributed by atoms with Gasteiger partial charge in [-0.05, 0) is 41.0 Å². The molecular formula is C30H34ClN3O4. The van der Waals surface area contributed by atoms with E-state index in [1.54, 1.807) is 24.1 Å². The maximum Gasteiger partial charge on any atom is 0.247 e. The van der Waals surface area contributed by atoms with Gasteiger partial charge in [0.05, 0.1) is 26.7 Å². The largest absolute Gasteiger partial charge is 0.497 e. The number of methoxy groups -OCH3 is 1. The first kappa shape index (κ1) is 27.6. The van der Waals surface area contributed by atoms with Crippen LogP contribution in [0.25, 0.3) is 0 Å². The molecule has 1 N–H and O–H groups in total. The summed E-state index contributed by atoms with van der Waals surface area (Å²) >= 11 is 6.05. The zero-order chi connectivity index (χ0) is 26.7. The van der Waals surface area contributed by atoms with Crippen molar-refractivity contribution >= 4 is 23.4 Å². The Bertz CT molecular complexity index is 1170. The topological polar surface area (TPSA) is 71.1 Å². The second-order valence-corrected chi connectivity index (χ2v) is 9.67. The highest BCUT2D eigenvalue weighted by Gasteiger charge is 2.31. The molecule has 2 amide bonds. The van der Waals surface area contributed by atoms with Gasteiger partial charge < -0.3 is 19.7 Å². The maximum atomic E-state index is 13.8. The van der Waals surface area contributed by atoms with Gasteiger partial charge in [0.15, 0.2) is 0 Å². The minimum Gasteiger partial charge on any atom is -0.497 e. The first-order chi connectivity index (χ1) is 18.5. The van der Waals surface area contributed by atoms with Crippen molar-refractivity contribution in [2.75, 3.05) is 46.5 Å². The van der Waals surface area contributed by atoms with Gasteiger partial charge in [-0.2, -0.15) is 0 Å². The van der Waals surface area contributed by atoms with E-state index in [0.29, 0.717) is 24.8 Å². The molecule has 4 rings (SSSR count). The Morgan fingerprint density at radius 2 is 1.63 bits per heavy atom. The number of rotatable bonds is 11. The lowest BCUT2D eigenvalue weighted by Gasteiger charge is -2.32. The number of benzene rings is 3. The fourth-order valence-electron chi connectivity index (χ4n) is 4.50. The van der Waals surface area contributed by atoms with E-state index in [4.69, 9.17) is 21.1 Å². The van der Waals surface area contributed by atoms with Gasteiger partial charge in [0, 0.05) is 37.7 Å². The van der Waals surface area contributed by atoms with Crippen LogP contribution in [0.15, 0.2) is 78.9 Å². The number of amides is 2. The molecule has 200 valence electrons. The van der Waals surface area contributed by atoms with E-state index in [9.17, 15) is 9.59 Å². The summed E-state index contributed by atoms with van der Waals surface area (Å²) in [6.07, 6.45) is 0.151. The van der Waals surface area contributed by atoms with Gasteiger partial charge in [-0.25, -0.2) is 0 Å². The molecule has 0 saturated carbocycles. The van der Waals surface area contributed by atoms with E-state index in [0.717, 1.165) is 42.1 Å². The van der Waals surface area contributed by atoms with Crippen LogP contribution < -0.4 is 10.1 Å². The molecule has 1 atom stereocenters. The third-order valence-corrected chi connectivity index (χ3v) is 6.86. The highest BCUT2D eigenvalue weighted by Crippen LogP contribution is 2.26. The van der Waals surface area contributed by atoms with Crippen molar-refractivity contribution in [2.24, 2.45) is 0 Å². The summed E-state index contributed by atoms with van der Waals surface area (Å²) in [5.74, 6) is 0.371. The lowest BCUT2D eigenvalue weighted by atomic mass is 10.0. The molecule has 0 bridgehead atoms. The molecule has 0 spiro atoms. The maximum absolute atomic E-state index is 13.8.